The van der Waals surface area contributed by atoms with Crippen molar-refractivity contribution in [2.45, 2.75) is 6.42 Å². The summed E-state index contributed by atoms with van der Waals surface area (Å²) in [4.78, 5) is 15.4. The predicted molar refractivity (Wildman–Crippen MR) is 69.9 cm³/mol. The average Bonchev–Trinajstić information content (AvgIpc) is 2.87. The lowest BCUT2D eigenvalue weighted by molar-refractivity contribution is 0.112. The fraction of sp³-hybridized carbons (Fsp3) is 0.231. The van der Waals surface area contributed by atoms with Gasteiger partial charge in [0.2, 0.25) is 0 Å². The summed E-state index contributed by atoms with van der Waals surface area (Å²) in [7, 11) is 3.24. The van der Waals surface area contributed by atoms with Crippen molar-refractivity contribution in [3.05, 3.63) is 39.8 Å². The van der Waals surface area contributed by atoms with Gasteiger partial charge in [-0.15, -0.1) is 11.3 Å². The minimum atomic E-state index is 0.637. The molecule has 1 aromatic heterocycles. The van der Waals surface area contributed by atoms with Crippen LogP contribution in [0, 0.1) is 0 Å². The summed E-state index contributed by atoms with van der Waals surface area (Å²) in [6, 6.07) is 5.66. The third-order valence-corrected chi connectivity index (χ3v) is 3.45. The Hall–Kier alpha value is -1.88. The zero-order valence-corrected chi connectivity index (χ0v) is 11.0. The maximum absolute atomic E-state index is 10.6. The fourth-order valence-electron chi connectivity index (χ4n) is 1.62. The third-order valence-electron chi connectivity index (χ3n) is 2.52. The average molecular weight is 263 g/mol. The number of aldehydes is 1. The highest BCUT2D eigenvalue weighted by Gasteiger charge is 2.08. The van der Waals surface area contributed by atoms with Gasteiger partial charge in [-0.3, -0.25) is 4.79 Å². The van der Waals surface area contributed by atoms with Gasteiger partial charge in [-0.05, 0) is 6.07 Å². The van der Waals surface area contributed by atoms with Gasteiger partial charge in [-0.1, -0.05) is 6.07 Å². The summed E-state index contributed by atoms with van der Waals surface area (Å²) in [5.74, 6) is 1.51. The first-order chi connectivity index (χ1) is 8.76. The van der Waals surface area contributed by atoms with E-state index in [2.05, 4.69) is 4.98 Å². The number of carbonyl (C=O) groups excluding carboxylic acids is 1. The number of carbonyl (C=O) groups is 1. The number of rotatable bonds is 5. The van der Waals surface area contributed by atoms with Gasteiger partial charge < -0.3 is 9.47 Å². The minimum absolute atomic E-state index is 0.637. The smallest absolute Gasteiger partial charge is 0.161 e. The Morgan fingerprint density at radius 3 is 2.78 bits per heavy atom. The van der Waals surface area contributed by atoms with E-state index in [4.69, 9.17) is 9.47 Å². The number of thiazole rings is 1. The highest BCUT2D eigenvalue weighted by molar-refractivity contribution is 7.13. The fourth-order valence-corrected chi connectivity index (χ4v) is 2.38. The molecular weight excluding hydrogens is 250 g/mol. The molecule has 0 saturated carbocycles. The quantitative estimate of drug-likeness (QED) is 0.778. The van der Waals surface area contributed by atoms with Crippen LogP contribution in [0.1, 0.15) is 20.2 Å². The van der Waals surface area contributed by atoms with Gasteiger partial charge in [0.1, 0.15) is 11.5 Å². The molecule has 0 aliphatic heterocycles. The molecule has 2 rings (SSSR count). The van der Waals surface area contributed by atoms with Crippen molar-refractivity contribution in [2.24, 2.45) is 0 Å². The molecule has 94 valence electrons. The molecule has 18 heavy (non-hydrogen) atoms. The summed E-state index contributed by atoms with van der Waals surface area (Å²) in [5, 5.41) is 0.889. The highest BCUT2D eigenvalue weighted by atomic mass is 32.1. The predicted octanol–water partition coefficient (Wildman–Crippen LogP) is 2.56. The third kappa shape index (κ3) is 2.68. The lowest BCUT2D eigenvalue weighted by atomic mass is 10.1. The van der Waals surface area contributed by atoms with E-state index < -0.39 is 0 Å². The van der Waals surface area contributed by atoms with Gasteiger partial charge in [-0.2, -0.15) is 0 Å². The van der Waals surface area contributed by atoms with Crippen molar-refractivity contribution in [2.75, 3.05) is 14.2 Å². The van der Waals surface area contributed by atoms with Crippen LogP contribution in [-0.4, -0.2) is 25.5 Å². The van der Waals surface area contributed by atoms with Crippen molar-refractivity contribution in [3.63, 3.8) is 0 Å². The van der Waals surface area contributed by atoms with E-state index in [1.54, 1.807) is 20.4 Å². The van der Waals surface area contributed by atoms with Gasteiger partial charge in [0.15, 0.2) is 6.29 Å². The van der Waals surface area contributed by atoms with Gasteiger partial charge in [0, 0.05) is 24.2 Å². The second-order valence-corrected chi connectivity index (χ2v) is 4.78. The van der Waals surface area contributed by atoms with E-state index in [1.165, 1.54) is 11.3 Å². The lowest BCUT2D eigenvalue weighted by Crippen LogP contribution is -1.94. The lowest BCUT2D eigenvalue weighted by Gasteiger charge is -2.09. The van der Waals surface area contributed by atoms with Crippen LogP contribution in [0.4, 0.5) is 0 Å². The molecule has 0 fully saturated rings. The van der Waals surface area contributed by atoms with Crippen LogP contribution in [0.5, 0.6) is 11.5 Å². The molecule has 0 N–H and O–H groups in total. The first-order valence-electron chi connectivity index (χ1n) is 5.37. The van der Waals surface area contributed by atoms with E-state index >= 15 is 0 Å². The number of methoxy groups -OCH3 is 2. The molecule has 0 unspecified atom stereocenters. The zero-order valence-electron chi connectivity index (χ0n) is 10.2. The Bertz CT molecular complexity index is 551. The van der Waals surface area contributed by atoms with Crippen molar-refractivity contribution >= 4 is 17.6 Å². The van der Waals surface area contributed by atoms with Crippen LogP contribution < -0.4 is 9.47 Å². The Morgan fingerprint density at radius 1 is 1.33 bits per heavy atom. The molecule has 0 bridgehead atoms. The highest BCUT2D eigenvalue weighted by Crippen LogP contribution is 2.27. The standard InChI is InChI=1S/C13H13NO3S/c1-16-10-4-3-9(12(6-10)17-2)5-13-14-7-11(8-15)18-13/h3-4,6-8H,5H2,1-2H3. The number of aromatic nitrogens is 1. The largest absolute Gasteiger partial charge is 0.497 e. The molecule has 0 radical (unpaired) electrons. The summed E-state index contributed by atoms with van der Waals surface area (Å²) in [6.07, 6.45) is 3.04. The van der Waals surface area contributed by atoms with E-state index in [9.17, 15) is 4.79 Å². The summed E-state index contributed by atoms with van der Waals surface area (Å²) >= 11 is 1.39. The summed E-state index contributed by atoms with van der Waals surface area (Å²) in [6.45, 7) is 0. The Kier molecular flexibility index (Phi) is 3.94. The molecule has 0 amide bonds. The van der Waals surface area contributed by atoms with E-state index in [0.717, 1.165) is 28.4 Å². The number of nitrogens with zero attached hydrogens (tertiary/aromatic N) is 1. The molecule has 2 aromatic rings. The maximum atomic E-state index is 10.6. The van der Waals surface area contributed by atoms with Crippen molar-refractivity contribution in [1.82, 2.24) is 4.98 Å². The van der Waals surface area contributed by atoms with Gasteiger partial charge in [0.05, 0.1) is 24.1 Å². The van der Waals surface area contributed by atoms with Crippen molar-refractivity contribution in [3.8, 4) is 11.5 Å². The second kappa shape index (κ2) is 5.64. The van der Waals surface area contributed by atoms with Crippen LogP contribution >= 0.6 is 11.3 Å². The Balaban J connectivity index is 2.25. The Labute approximate surface area is 109 Å². The Morgan fingerprint density at radius 2 is 2.17 bits per heavy atom. The maximum Gasteiger partial charge on any atom is 0.161 e. The van der Waals surface area contributed by atoms with Crippen LogP contribution in [0.3, 0.4) is 0 Å². The first kappa shape index (κ1) is 12.6. The molecule has 5 heteroatoms. The molecule has 0 aliphatic carbocycles. The molecule has 1 aromatic carbocycles. The molecule has 0 spiro atoms. The van der Waals surface area contributed by atoms with Gasteiger partial charge >= 0.3 is 0 Å². The molecule has 4 nitrogen and oxygen atoms in total. The van der Waals surface area contributed by atoms with Crippen LogP contribution in [0.15, 0.2) is 24.4 Å². The topological polar surface area (TPSA) is 48.4 Å². The number of benzene rings is 1. The molecule has 0 aliphatic rings. The normalized spacial score (nSPS) is 10.1. The molecule has 0 atom stereocenters. The van der Waals surface area contributed by atoms with Crippen molar-refractivity contribution in [1.29, 1.82) is 0 Å². The van der Waals surface area contributed by atoms with E-state index in [0.29, 0.717) is 11.3 Å². The first-order valence-corrected chi connectivity index (χ1v) is 6.19. The number of hydrogen-bond acceptors (Lipinski definition) is 5. The number of ether oxygens (including phenoxy) is 2. The van der Waals surface area contributed by atoms with Gasteiger partial charge in [0.25, 0.3) is 0 Å². The zero-order chi connectivity index (χ0) is 13.0. The van der Waals surface area contributed by atoms with E-state index in [1.807, 2.05) is 18.2 Å². The van der Waals surface area contributed by atoms with Gasteiger partial charge in [-0.25, -0.2) is 4.98 Å². The summed E-state index contributed by atoms with van der Waals surface area (Å²) in [5.41, 5.74) is 1.02. The SMILES string of the molecule is COc1ccc(Cc2ncc(C=O)s2)c(OC)c1. The van der Waals surface area contributed by atoms with E-state index in [-0.39, 0.29) is 0 Å². The molecule has 1 heterocycles. The minimum Gasteiger partial charge on any atom is -0.497 e. The molecule has 0 saturated heterocycles. The number of hydrogen-bond donors (Lipinski definition) is 0. The van der Waals surface area contributed by atoms with Crippen molar-refractivity contribution < 1.29 is 14.3 Å². The van der Waals surface area contributed by atoms with Crippen LogP contribution in [0.2, 0.25) is 0 Å². The second-order valence-electron chi connectivity index (χ2n) is 3.63. The summed E-state index contributed by atoms with van der Waals surface area (Å²) < 4.78 is 10.5. The van der Waals surface area contributed by atoms with Crippen LogP contribution in [-0.2, 0) is 6.42 Å². The van der Waals surface area contributed by atoms with Crippen LogP contribution in [0.25, 0.3) is 0 Å². The molecular formula is C13H13NO3S. The monoisotopic (exact) mass is 263 g/mol.